The first-order valence-corrected chi connectivity index (χ1v) is 10.3. The van der Waals surface area contributed by atoms with Crippen LogP contribution in [0.15, 0.2) is 40.8 Å². The molecule has 0 spiro atoms. The van der Waals surface area contributed by atoms with Gasteiger partial charge in [0.15, 0.2) is 16.5 Å². The zero-order valence-corrected chi connectivity index (χ0v) is 17.5. The van der Waals surface area contributed by atoms with E-state index >= 15 is 0 Å². The van der Waals surface area contributed by atoms with Gasteiger partial charge < -0.3 is 19.0 Å². The summed E-state index contributed by atoms with van der Waals surface area (Å²) in [7, 11) is 0. The molecule has 1 aromatic carbocycles. The van der Waals surface area contributed by atoms with Crippen LogP contribution in [0.4, 0.5) is 4.79 Å². The standard InChI is InChI=1S/C21H23N3O4S/c1-21(2,3)28-20(26)24-12-10-23(11-13-24)19(25)16-9-8-15(27-16)18-22-14-6-4-5-7-17(14)29-18/h4-9H,10-13H2,1-3H3. The second-order valence-corrected chi connectivity index (χ2v) is 8.94. The maximum atomic E-state index is 12.8. The molecule has 1 fully saturated rings. The van der Waals surface area contributed by atoms with Crippen LogP contribution in [-0.4, -0.2) is 58.6 Å². The van der Waals surface area contributed by atoms with E-state index in [9.17, 15) is 9.59 Å². The van der Waals surface area contributed by atoms with E-state index in [0.717, 1.165) is 15.2 Å². The van der Waals surface area contributed by atoms with E-state index < -0.39 is 5.60 Å². The lowest BCUT2D eigenvalue weighted by Gasteiger charge is -2.35. The van der Waals surface area contributed by atoms with Gasteiger partial charge in [-0.2, -0.15) is 0 Å². The molecule has 1 aliphatic rings. The first kappa shape index (κ1) is 19.4. The third-order valence-corrected chi connectivity index (χ3v) is 5.59. The minimum Gasteiger partial charge on any atom is -0.448 e. The molecule has 4 rings (SSSR count). The zero-order valence-electron chi connectivity index (χ0n) is 16.7. The molecule has 29 heavy (non-hydrogen) atoms. The summed E-state index contributed by atoms with van der Waals surface area (Å²) in [5.74, 6) is 0.688. The number of carbonyl (C=O) groups excluding carboxylic acids is 2. The Morgan fingerprint density at radius 2 is 1.72 bits per heavy atom. The molecule has 3 aromatic rings. The number of rotatable bonds is 2. The molecule has 0 aliphatic carbocycles. The van der Waals surface area contributed by atoms with Crippen LogP contribution < -0.4 is 0 Å². The highest BCUT2D eigenvalue weighted by molar-refractivity contribution is 7.21. The molecular weight excluding hydrogens is 390 g/mol. The van der Waals surface area contributed by atoms with E-state index in [0.29, 0.717) is 31.9 Å². The highest BCUT2D eigenvalue weighted by atomic mass is 32.1. The van der Waals surface area contributed by atoms with Crippen LogP contribution in [-0.2, 0) is 4.74 Å². The molecule has 1 aliphatic heterocycles. The Bertz CT molecular complexity index is 1010. The van der Waals surface area contributed by atoms with Crippen LogP contribution in [0.3, 0.4) is 0 Å². The van der Waals surface area contributed by atoms with Crippen LogP contribution in [0.1, 0.15) is 31.3 Å². The van der Waals surface area contributed by atoms with Crippen molar-refractivity contribution in [2.24, 2.45) is 0 Å². The number of thiazole rings is 1. The van der Waals surface area contributed by atoms with Gasteiger partial charge in [-0.3, -0.25) is 4.79 Å². The molecule has 0 N–H and O–H groups in total. The second kappa shape index (κ2) is 7.51. The van der Waals surface area contributed by atoms with Gasteiger partial charge in [-0.05, 0) is 45.0 Å². The Labute approximate surface area is 172 Å². The second-order valence-electron chi connectivity index (χ2n) is 7.91. The number of hydrogen-bond donors (Lipinski definition) is 0. The van der Waals surface area contributed by atoms with Crippen LogP contribution in [0.5, 0.6) is 0 Å². The highest BCUT2D eigenvalue weighted by Crippen LogP contribution is 2.31. The molecule has 1 saturated heterocycles. The maximum absolute atomic E-state index is 12.8. The largest absolute Gasteiger partial charge is 0.448 e. The fourth-order valence-electron chi connectivity index (χ4n) is 3.12. The SMILES string of the molecule is CC(C)(C)OC(=O)N1CCN(C(=O)c2ccc(-c3nc4ccccc4s3)o2)CC1. The molecule has 8 heteroatoms. The fourth-order valence-corrected chi connectivity index (χ4v) is 4.05. The highest BCUT2D eigenvalue weighted by Gasteiger charge is 2.29. The van der Waals surface area contributed by atoms with Gasteiger partial charge >= 0.3 is 6.09 Å². The van der Waals surface area contributed by atoms with Gasteiger partial charge in [0.25, 0.3) is 5.91 Å². The lowest BCUT2D eigenvalue weighted by molar-refractivity contribution is 0.0137. The van der Waals surface area contributed by atoms with Gasteiger partial charge in [-0.15, -0.1) is 11.3 Å². The zero-order chi connectivity index (χ0) is 20.6. The number of nitrogens with zero attached hydrogens (tertiary/aromatic N) is 3. The third kappa shape index (κ3) is 4.27. The first-order chi connectivity index (χ1) is 13.8. The van der Waals surface area contributed by atoms with Crippen molar-refractivity contribution in [3.8, 4) is 10.8 Å². The minimum atomic E-state index is -0.533. The smallest absolute Gasteiger partial charge is 0.410 e. The lowest BCUT2D eigenvalue weighted by atomic mass is 10.2. The minimum absolute atomic E-state index is 0.179. The van der Waals surface area contributed by atoms with Gasteiger partial charge in [0.1, 0.15) is 5.60 Å². The lowest BCUT2D eigenvalue weighted by Crippen LogP contribution is -2.51. The number of amides is 2. The molecule has 0 bridgehead atoms. The van der Waals surface area contributed by atoms with Crippen molar-refractivity contribution < 1.29 is 18.7 Å². The van der Waals surface area contributed by atoms with Crippen molar-refractivity contribution in [3.63, 3.8) is 0 Å². The fraction of sp³-hybridized carbons (Fsp3) is 0.381. The summed E-state index contributed by atoms with van der Waals surface area (Å²) < 4.78 is 12.3. The Kier molecular flexibility index (Phi) is 5.04. The maximum Gasteiger partial charge on any atom is 0.410 e. The summed E-state index contributed by atoms with van der Waals surface area (Å²) in [5, 5.41) is 0.750. The summed E-state index contributed by atoms with van der Waals surface area (Å²) in [6, 6.07) is 11.3. The van der Waals surface area contributed by atoms with E-state index in [-0.39, 0.29) is 17.8 Å². The molecule has 7 nitrogen and oxygen atoms in total. The van der Waals surface area contributed by atoms with Gasteiger partial charge in [0.05, 0.1) is 10.2 Å². The monoisotopic (exact) mass is 413 g/mol. The summed E-state index contributed by atoms with van der Waals surface area (Å²) in [4.78, 5) is 32.9. The number of fused-ring (bicyclic) bond motifs is 1. The third-order valence-electron chi connectivity index (χ3n) is 4.54. The molecule has 0 saturated carbocycles. The average Bonchev–Trinajstić information content (AvgIpc) is 3.33. The summed E-state index contributed by atoms with van der Waals surface area (Å²) >= 11 is 1.53. The van der Waals surface area contributed by atoms with Gasteiger partial charge in [0.2, 0.25) is 0 Å². The summed E-state index contributed by atoms with van der Waals surface area (Å²) in [5.41, 5.74) is 0.380. The Hall–Kier alpha value is -2.87. The molecular formula is C21H23N3O4S. The molecule has 0 unspecified atom stereocenters. The van der Waals surface area contributed by atoms with Gasteiger partial charge in [-0.25, -0.2) is 9.78 Å². The quantitative estimate of drug-likeness (QED) is 0.628. The number of aromatic nitrogens is 1. The van der Waals surface area contributed by atoms with E-state index in [1.165, 1.54) is 11.3 Å². The number of hydrogen-bond acceptors (Lipinski definition) is 6. The number of piperazine rings is 1. The number of furan rings is 1. The Morgan fingerprint density at radius 3 is 2.41 bits per heavy atom. The van der Waals surface area contributed by atoms with Gasteiger partial charge in [-0.1, -0.05) is 12.1 Å². The molecule has 2 amide bonds. The van der Waals surface area contributed by atoms with E-state index in [2.05, 4.69) is 4.98 Å². The predicted octanol–water partition coefficient (Wildman–Crippen LogP) is 4.25. The van der Waals surface area contributed by atoms with Crippen molar-refractivity contribution >= 4 is 33.6 Å². The first-order valence-electron chi connectivity index (χ1n) is 9.53. The van der Waals surface area contributed by atoms with E-state index in [4.69, 9.17) is 9.15 Å². The topological polar surface area (TPSA) is 75.9 Å². The van der Waals surface area contributed by atoms with E-state index in [1.807, 2.05) is 45.0 Å². The number of para-hydroxylation sites is 1. The molecule has 0 radical (unpaired) electrons. The van der Waals surface area contributed by atoms with Crippen LogP contribution in [0, 0.1) is 0 Å². The summed E-state index contributed by atoms with van der Waals surface area (Å²) in [6.07, 6.45) is -0.347. The summed E-state index contributed by atoms with van der Waals surface area (Å²) in [6.45, 7) is 7.27. The van der Waals surface area contributed by atoms with Crippen molar-refractivity contribution in [1.29, 1.82) is 0 Å². The normalized spacial score (nSPS) is 15.0. The number of benzene rings is 1. The van der Waals surface area contributed by atoms with Crippen molar-refractivity contribution in [2.45, 2.75) is 26.4 Å². The Balaban J connectivity index is 1.40. The van der Waals surface area contributed by atoms with Crippen molar-refractivity contribution in [2.75, 3.05) is 26.2 Å². The predicted molar refractivity (Wildman–Crippen MR) is 111 cm³/mol. The number of carbonyl (C=O) groups is 2. The molecule has 152 valence electrons. The van der Waals surface area contributed by atoms with E-state index in [1.54, 1.807) is 21.9 Å². The average molecular weight is 413 g/mol. The van der Waals surface area contributed by atoms with Crippen molar-refractivity contribution in [3.05, 3.63) is 42.2 Å². The Morgan fingerprint density at radius 1 is 1.03 bits per heavy atom. The molecule has 3 heterocycles. The van der Waals surface area contributed by atoms with Crippen LogP contribution in [0.25, 0.3) is 21.0 Å². The molecule has 2 aromatic heterocycles. The van der Waals surface area contributed by atoms with Crippen LogP contribution >= 0.6 is 11.3 Å². The molecule has 0 atom stereocenters. The van der Waals surface area contributed by atoms with Gasteiger partial charge in [0, 0.05) is 26.2 Å². The number of ether oxygens (including phenoxy) is 1. The van der Waals surface area contributed by atoms with Crippen LogP contribution in [0.2, 0.25) is 0 Å². The van der Waals surface area contributed by atoms with Crippen molar-refractivity contribution in [1.82, 2.24) is 14.8 Å².